The third kappa shape index (κ3) is 1.79. The van der Waals surface area contributed by atoms with Gasteiger partial charge in [0.05, 0.1) is 0 Å². The first kappa shape index (κ1) is 10.3. The van der Waals surface area contributed by atoms with E-state index >= 15 is 0 Å². The molecule has 0 saturated heterocycles. The van der Waals surface area contributed by atoms with E-state index in [1.54, 1.807) is 0 Å². The van der Waals surface area contributed by atoms with Crippen molar-refractivity contribution in [2.75, 3.05) is 5.73 Å². The fourth-order valence-corrected chi connectivity index (χ4v) is 2.55. The maximum atomic E-state index is 5.84. The molecule has 0 aliphatic carbocycles. The molecule has 1 aromatic heterocycles. The number of aromatic nitrogens is 3. The summed E-state index contributed by atoms with van der Waals surface area (Å²) in [6.45, 7) is 2.98. The maximum Gasteiger partial charge on any atom is 0.133 e. The number of nitrogens with two attached hydrogens (primary N) is 1. The minimum Gasteiger partial charge on any atom is -0.399 e. The van der Waals surface area contributed by atoms with Gasteiger partial charge in [-0.05, 0) is 31.0 Å². The van der Waals surface area contributed by atoms with Crippen LogP contribution in [0.1, 0.15) is 29.6 Å². The Balaban J connectivity index is 1.91. The van der Waals surface area contributed by atoms with Crippen LogP contribution in [0.3, 0.4) is 0 Å². The smallest absolute Gasteiger partial charge is 0.133 e. The lowest BCUT2D eigenvalue weighted by molar-refractivity contribution is 0.450. The highest BCUT2D eigenvalue weighted by Gasteiger charge is 2.22. The topological polar surface area (TPSA) is 56.7 Å². The van der Waals surface area contributed by atoms with Crippen molar-refractivity contribution >= 4 is 5.69 Å². The molecule has 1 aliphatic heterocycles. The highest BCUT2D eigenvalue weighted by molar-refractivity contribution is 5.42. The van der Waals surface area contributed by atoms with Gasteiger partial charge in [-0.3, -0.25) is 0 Å². The number of nitrogen functional groups attached to an aromatic ring is 1. The van der Waals surface area contributed by atoms with E-state index in [2.05, 4.69) is 26.9 Å². The third-order valence-electron chi connectivity index (χ3n) is 3.51. The van der Waals surface area contributed by atoms with Crippen molar-refractivity contribution < 1.29 is 0 Å². The predicted octanol–water partition coefficient (Wildman–Crippen LogP) is 1.90. The van der Waals surface area contributed by atoms with E-state index in [1.807, 2.05) is 19.1 Å². The summed E-state index contributed by atoms with van der Waals surface area (Å²) in [4.78, 5) is 0. The molecule has 1 unspecified atom stereocenters. The van der Waals surface area contributed by atoms with Gasteiger partial charge in [0.1, 0.15) is 11.6 Å². The van der Waals surface area contributed by atoms with Gasteiger partial charge in [0, 0.05) is 24.6 Å². The molecule has 3 rings (SSSR count). The maximum absolute atomic E-state index is 5.84. The highest BCUT2D eigenvalue weighted by atomic mass is 15.3. The molecule has 0 amide bonds. The van der Waals surface area contributed by atoms with Gasteiger partial charge in [-0.2, -0.15) is 0 Å². The summed E-state index contributed by atoms with van der Waals surface area (Å²) in [6.07, 6.45) is 2.13. The Morgan fingerprint density at radius 2 is 2.24 bits per heavy atom. The van der Waals surface area contributed by atoms with Crippen LogP contribution in [-0.2, 0) is 13.0 Å². The molecule has 4 nitrogen and oxygen atoms in total. The summed E-state index contributed by atoms with van der Waals surface area (Å²) in [6, 6.07) is 8.20. The zero-order chi connectivity index (χ0) is 11.8. The van der Waals surface area contributed by atoms with Gasteiger partial charge in [-0.25, -0.2) is 0 Å². The number of benzene rings is 1. The number of fused-ring (bicyclic) bond motifs is 1. The van der Waals surface area contributed by atoms with Crippen LogP contribution in [0.5, 0.6) is 0 Å². The van der Waals surface area contributed by atoms with Gasteiger partial charge in [-0.1, -0.05) is 12.1 Å². The Labute approximate surface area is 100 Å². The number of anilines is 1. The summed E-state index contributed by atoms with van der Waals surface area (Å²) in [7, 11) is 0. The fraction of sp³-hybridized carbons (Fsp3) is 0.385. The summed E-state index contributed by atoms with van der Waals surface area (Å²) < 4.78 is 2.22. The highest BCUT2D eigenvalue weighted by Crippen LogP contribution is 2.29. The van der Waals surface area contributed by atoms with Crippen molar-refractivity contribution in [3.8, 4) is 0 Å². The molecule has 0 fully saturated rings. The first-order chi connectivity index (χ1) is 8.24. The number of hydrogen-bond acceptors (Lipinski definition) is 3. The molecular weight excluding hydrogens is 212 g/mol. The van der Waals surface area contributed by atoms with E-state index in [0.29, 0.717) is 5.92 Å². The summed E-state index contributed by atoms with van der Waals surface area (Å²) >= 11 is 0. The van der Waals surface area contributed by atoms with Crippen LogP contribution >= 0.6 is 0 Å². The average Bonchev–Trinajstić information content (AvgIpc) is 2.71. The zero-order valence-electron chi connectivity index (χ0n) is 9.93. The van der Waals surface area contributed by atoms with Crippen LogP contribution in [0, 0.1) is 6.92 Å². The Kier molecular flexibility index (Phi) is 2.35. The van der Waals surface area contributed by atoms with Gasteiger partial charge in [0.15, 0.2) is 0 Å². The van der Waals surface area contributed by atoms with E-state index in [-0.39, 0.29) is 0 Å². The van der Waals surface area contributed by atoms with Crippen LogP contribution in [0.2, 0.25) is 0 Å². The minimum absolute atomic E-state index is 0.528. The standard InChI is InChI=1S/C13H16N4/c1-9-15-16-13-6-5-11(8-17(9)13)10-3-2-4-12(14)7-10/h2-4,7,11H,5-6,8,14H2,1H3. The normalized spacial score (nSPS) is 19.0. The second-order valence-electron chi connectivity index (χ2n) is 4.68. The minimum atomic E-state index is 0.528. The monoisotopic (exact) mass is 228 g/mol. The van der Waals surface area contributed by atoms with Gasteiger partial charge in [0.25, 0.3) is 0 Å². The molecule has 0 bridgehead atoms. The molecule has 17 heavy (non-hydrogen) atoms. The number of aryl methyl sites for hydroxylation is 2. The SMILES string of the molecule is Cc1nnc2n1CC(c1cccc(N)c1)CC2. The second-order valence-corrected chi connectivity index (χ2v) is 4.68. The van der Waals surface area contributed by atoms with Gasteiger partial charge < -0.3 is 10.3 Å². The summed E-state index contributed by atoms with van der Waals surface area (Å²) in [5, 5.41) is 8.32. The molecule has 1 aliphatic rings. The Bertz CT molecular complexity index is 544. The first-order valence-electron chi connectivity index (χ1n) is 5.98. The van der Waals surface area contributed by atoms with Gasteiger partial charge in [-0.15, -0.1) is 10.2 Å². The molecule has 0 spiro atoms. The van der Waals surface area contributed by atoms with Gasteiger partial charge >= 0.3 is 0 Å². The first-order valence-corrected chi connectivity index (χ1v) is 5.98. The van der Waals surface area contributed by atoms with Crippen molar-refractivity contribution in [1.29, 1.82) is 0 Å². The van der Waals surface area contributed by atoms with E-state index in [1.165, 1.54) is 5.56 Å². The van der Waals surface area contributed by atoms with E-state index in [9.17, 15) is 0 Å². The molecule has 2 N–H and O–H groups in total. The molecular formula is C13H16N4. The van der Waals surface area contributed by atoms with Crippen molar-refractivity contribution in [2.24, 2.45) is 0 Å². The number of nitrogens with zero attached hydrogens (tertiary/aromatic N) is 3. The molecule has 0 radical (unpaired) electrons. The predicted molar refractivity (Wildman–Crippen MR) is 66.7 cm³/mol. The lowest BCUT2D eigenvalue weighted by Gasteiger charge is -2.24. The van der Waals surface area contributed by atoms with Crippen LogP contribution in [0.25, 0.3) is 0 Å². The molecule has 2 heterocycles. The Morgan fingerprint density at radius 3 is 3.06 bits per heavy atom. The molecule has 2 aromatic rings. The van der Waals surface area contributed by atoms with Gasteiger partial charge in [0.2, 0.25) is 0 Å². The number of rotatable bonds is 1. The van der Waals surface area contributed by atoms with E-state index < -0.39 is 0 Å². The molecule has 4 heteroatoms. The Morgan fingerprint density at radius 1 is 1.35 bits per heavy atom. The van der Waals surface area contributed by atoms with Crippen molar-refractivity contribution in [1.82, 2.24) is 14.8 Å². The van der Waals surface area contributed by atoms with Crippen molar-refractivity contribution in [3.05, 3.63) is 41.5 Å². The van der Waals surface area contributed by atoms with Crippen LogP contribution < -0.4 is 5.73 Å². The van der Waals surface area contributed by atoms with Crippen LogP contribution in [0.15, 0.2) is 24.3 Å². The van der Waals surface area contributed by atoms with Crippen molar-refractivity contribution in [3.63, 3.8) is 0 Å². The van der Waals surface area contributed by atoms with E-state index in [0.717, 1.165) is 36.7 Å². The largest absolute Gasteiger partial charge is 0.399 e. The van der Waals surface area contributed by atoms with Crippen LogP contribution in [-0.4, -0.2) is 14.8 Å². The molecule has 1 atom stereocenters. The van der Waals surface area contributed by atoms with Crippen LogP contribution in [0.4, 0.5) is 5.69 Å². The van der Waals surface area contributed by atoms with E-state index in [4.69, 9.17) is 5.73 Å². The second kappa shape index (κ2) is 3.87. The lowest BCUT2D eigenvalue weighted by Crippen LogP contribution is -2.19. The zero-order valence-corrected chi connectivity index (χ0v) is 9.93. The molecule has 0 saturated carbocycles. The van der Waals surface area contributed by atoms with Crippen molar-refractivity contribution in [2.45, 2.75) is 32.2 Å². The third-order valence-corrected chi connectivity index (χ3v) is 3.51. The molecule has 1 aromatic carbocycles. The fourth-order valence-electron chi connectivity index (χ4n) is 2.55. The quantitative estimate of drug-likeness (QED) is 0.758. The number of hydrogen-bond donors (Lipinski definition) is 1. The Hall–Kier alpha value is -1.84. The summed E-state index contributed by atoms with van der Waals surface area (Å²) in [5.41, 5.74) is 8.00. The summed E-state index contributed by atoms with van der Waals surface area (Å²) in [5.74, 6) is 2.65. The lowest BCUT2D eigenvalue weighted by atomic mass is 9.91. The molecule has 88 valence electrons. The average molecular weight is 228 g/mol.